The van der Waals surface area contributed by atoms with Crippen molar-refractivity contribution in [2.75, 3.05) is 7.11 Å². The maximum atomic E-state index is 11.6. The molecule has 0 amide bonds. The van der Waals surface area contributed by atoms with Gasteiger partial charge in [0.05, 0.1) is 7.11 Å². The molecule has 1 aromatic carbocycles. The maximum absolute atomic E-state index is 11.6. The van der Waals surface area contributed by atoms with Gasteiger partial charge in [0.2, 0.25) is 0 Å². The van der Waals surface area contributed by atoms with E-state index in [-0.39, 0.29) is 12.0 Å². The minimum Gasteiger partial charge on any atom is -0.497 e. The molecule has 2 rings (SSSR count). The molecule has 1 N–H and O–H groups in total. The van der Waals surface area contributed by atoms with Crippen LogP contribution in [0.2, 0.25) is 0 Å². The standard InChI is InChI=1S/C13H17NO3/c1-13(2)14-11(12(15)17-13)8-9-4-6-10(16-3)7-5-9/h4-7,11,14H,8H2,1-3H3. The van der Waals surface area contributed by atoms with Crippen molar-refractivity contribution < 1.29 is 14.3 Å². The molecule has 0 aromatic heterocycles. The lowest BCUT2D eigenvalue weighted by Crippen LogP contribution is -2.39. The number of ether oxygens (including phenoxy) is 2. The van der Waals surface area contributed by atoms with Gasteiger partial charge in [0.1, 0.15) is 11.8 Å². The fourth-order valence-electron chi connectivity index (χ4n) is 1.96. The molecule has 92 valence electrons. The second-order valence-corrected chi connectivity index (χ2v) is 4.68. The van der Waals surface area contributed by atoms with E-state index in [9.17, 15) is 4.79 Å². The van der Waals surface area contributed by atoms with Crippen LogP contribution >= 0.6 is 0 Å². The van der Waals surface area contributed by atoms with Crippen molar-refractivity contribution in [1.82, 2.24) is 5.32 Å². The van der Waals surface area contributed by atoms with Gasteiger partial charge in [0, 0.05) is 0 Å². The molecule has 1 saturated heterocycles. The number of esters is 1. The molecule has 4 heteroatoms. The molecule has 4 nitrogen and oxygen atoms in total. The molecule has 0 aliphatic carbocycles. The fraction of sp³-hybridized carbons (Fsp3) is 0.462. The molecule has 1 aliphatic heterocycles. The summed E-state index contributed by atoms with van der Waals surface area (Å²) in [6, 6.07) is 7.43. The Morgan fingerprint density at radius 2 is 2.00 bits per heavy atom. The number of benzene rings is 1. The molecular weight excluding hydrogens is 218 g/mol. The minimum atomic E-state index is -0.561. The number of carbonyl (C=O) groups is 1. The third-order valence-electron chi connectivity index (χ3n) is 2.76. The minimum absolute atomic E-state index is 0.189. The Morgan fingerprint density at radius 3 is 2.47 bits per heavy atom. The monoisotopic (exact) mass is 235 g/mol. The summed E-state index contributed by atoms with van der Waals surface area (Å²) in [5, 5.41) is 3.15. The number of rotatable bonds is 3. The summed E-state index contributed by atoms with van der Waals surface area (Å²) in [4.78, 5) is 11.6. The fourth-order valence-corrected chi connectivity index (χ4v) is 1.96. The summed E-state index contributed by atoms with van der Waals surface area (Å²) in [5.41, 5.74) is 0.520. The molecule has 1 aliphatic rings. The normalized spacial score (nSPS) is 22.3. The average Bonchev–Trinajstić information content (AvgIpc) is 2.53. The number of carbonyl (C=O) groups excluding carboxylic acids is 1. The summed E-state index contributed by atoms with van der Waals surface area (Å²) >= 11 is 0. The van der Waals surface area contributed by atoms with E-state index in [0.717, 1.165) is 11.3 Å². The molecular formula is C13H17NO3. The summed E-state index contributed by atoms with van der Waals surface area (Å²) in [7, 11) is 1.63. The summed E-state index contributed by atoms with van der Waals surface area (Å²) in [6.45, 7) is 3.69. The number of hydrogen-bond acceptors (Lipinski definition) is 4. The van der Waals surface area contributed by atoms with E-state index in [0.29, 0.717) is 6.42 Å². The molecule has 17 heavy (non-hydrogen) atoms. The largest absolute Gasteiger partial charge is 0.497 e. The first-order chi connectivity index (χ1) is 8.00. The lowest BCUT2D eigenvalue weighted by molar-refractivity contribution is -0.147. The van der Waals surface area contributed by atoms with Crippen LogP contribution < -0.4 is 10.1 Å². The van der Waals surface area contributed by atoms with Crippen LogP contribution in [-0.4, -0.2) is 24.8 Å². The first-order valence-corrected chi connectivity index (χ1v) is 5.64. The molecule has 0 radical (unpaired) electrons. The van der Waals surface area contributed by atoms with Gasteiger partial charge in [-0.05, 0) is 38.0 Å². The molecule has 0 bridgehead atoms. The lowest BCUT2D eigenvalue weighted by Gasteiger charge is -2.16. The van der Waals surface area contributed by atoms with Gasteiger partial charge in [-0.2, -0.15) is 0 Å². The number of cyclic esters (lactones) is 1. The Kier molecular flexibility index (Phi) is 3.07. The van der Waals surface area contributed by atoms with Crippen molar-refractivity contribution in [3.05, 3.63) is 29.8 Å². The van der Waals surface area contributed by atoms with Crippen molar-refractivity contribution in [3.63, 3.8) is 0 Å². The highest BCUT2D eigenvalue weighted by molar-refractivity contribution is 5.78. The van der Waals surface area contributed by atoms with Gasteiger partial charge in [-0.3, -0.25) is 10.1 Å². The van der Waals surface area contributed by atoms with Crippen LogP contribution in [0.4, 0.5) is 0 Å². The first kappa shape index (κ1) is 11.9. The number of nitrogens with one attached hydrogen (secondary N) is 1. The summed E-state index contributed by atoms with van der Waals surface area (Å²) in [6.07, 6.45) is 0.631. The molecule has 0 spiro atoms. The van der Waals surface area contributed by atoms with Gasteiger partial charge < -0.3 is 9.47 Å². The molecule has 1 aromatic rings. The highest BCUT2D eigenvalue weighted by atomic mass is 16.6. The Labute approximate surface area is 101 Å². The van der Waals surface area contributed by atoms with Crippen LogP contribution in [0.25, 0.3) is 0 Å². The van der Waals surface area contributed by atoms with E-state index in [4.69, 9.17) is 9.47 Å². The van der Waals surface area contributed by atoms with Crippen LogP contribution in [0.3, 0.4) is 0 Å². The second-order valence-electron chi connectivity index (χ2n) is 4.68. The zero-order chi connectivity index (χ0) is 12.5. The van der Waals surface area contributed by atoms with Crippen LogP contribution in [0.1, 0.15) is 19.4 Å². The van der Waals surface area contributed by atoms with Crippen molar-refractivity contribution >= 4 is 5.97 Å². The van der Waals surface area contributed by atoms with Crippen LogP contribution in [0.5, 0.6) is 5.75 Å². The predicted molar refractivity (Wildman–Crippen MR) is 63.8 cm³/mol. The van der Waals surface area contributed by atoms with E-state index in [2.05, 4.69) is 5.32 Å². The van der Waals surface area contributed by atoms with Crippen molar-refractivity contribution in [1.29, 1.82) is 0 Å². The van der Waals surface area contributed by atoms with Crippen LogP contribution in [-0.2, 0) is 16.0 Å². The van der Waals surface area contributed by atoms with Gasteiger partial charge in [-0.15, -0.1) is 0 Å². The summed E-state index contributed by atoms with van der Waals surface area (Å²) < 4.78 is 10.3. The first-order valence-electron chi connectivity index (χ1n) is 5.64. The zero-order valence-electron chi connectivity index (χ0n) is 10.3. The Hall–Kier alpha value is -1.55. The van der Waals surface area contributed by atoms with Gasteiger partial charge in [0.25, 0.3) is 0 Å². The average molecular weight is 235 g/mol. The van der Waals surface area contributed by atoms with E-state index < -0.39 is 5.72 Å². The van der Waals surface area contributed by atoms with E-state index in [1.165, 1.54) is 0 Å². The third-order valence-corrected chi connectivity index (χ3v) is 2.76. The van der Waals surface area contributed by atoms with E-state index in [1.54, 1.807) is 7.11 Å². The molecule has 1 unspecified atom stereocenters. The zero-order valence-corrected chi connectivity index (χ0v) is 10.3. The molecule has 0 saturated carbocycles. The highest BCUT2D eigenvalue weighted by Crippen LogP contribution is 2.20. The molecule has 1 heterocycles. The highest BCUT2D eigenvalue weighted by Gasteiger charge is 2.38. The van der Waals surface area contributed by atoms with Gasteiger partial charge in [-0.1, -0.05) is 12.1 Å². The smallest absolute Gasteiger partial charge is 0.325 e. The van der Waals surface area contributed by atoms with Crippen molar-refractivity contribution in [2.24, 2.45) is 0 Å². The third kappa shape index (κ3) is 2.77. The Morgan fingerprint density at radius 1 is 1.35 bits per heavy atom. The van der Waals surface area contributed by atoms with Gasteiger partial charge >= 0.3 is 5.97 Å². The Balaban J connectivity index is 2.03. The number of hydrogen-bond donors (Lipinski definition) is 1. The van der Waals surface area contributed by atoms with Crippen LogP contribution in [0.15, 0.2) is 24.3 Å². The SMILES string of the molecule is COc1ccc(CC2NC(C)(C)OC2=O)cc1. The predicted octanol–water partition coefficient (Wildman–Crippen LogP) is 1.49. The lowest BCUT2D eigenvalue weighted by atomic mass is 10.1. The van der Waals surface area contributed by atoms with E-state index >= 15 is 0 Å². The molecule has 1 atom stereocenters. The van der Waals surface area contributed by atoms with E-state index in [1.807, 2.05) is 38.1 Å². The molecule has 1 fully saturated rings. The second kappa shape index (κ2) is 4.37. The maximum Gasteiger partial charge on any atom is 0.325 e. The quantitative estimate of drug-likeness (QED) is 0.806. The topological polar surface area (TPSA) is 47.6 Å². The van der Waals surface area contributed by atoms with Gasteiger partial charge in [0.15, 0.2) is 5.72 Å². The number of methoxy groups -OCH3 is 1. The van der Waals surface area contributed by atoms with Gasteiger partial charge in [-0.25, -0.2) is 0 Å². The van der Waals surface area contributed by atoms with Crippen molar-refractivity contribution in [3.8, 4) is 5.75 Å². The summed E-state index contributed by atoms with van der Waals surface area (Å²) in [5.74, 6) is 0.627. The van der Waals surface area contributed by atoms with Crippen molar-refractivity contribution in [2.45, 2.75) is 32.0 Å². The van der Waals surface area contributed by atoms with Crippen LogP contribution in [0, 0.1) is 0 Å². The Bertz CT molecular complexity index is 411.